The fraction of sp³-hybridized carbons (Fsp3) is 0.571. The van der Waals surface area contributed by atoms with Crippen molar-refractivity contribution in [3.05, 3.63) is 29.3 Å². The van der Waals surface area contributed by atoms with E-state index in [2.05, 4.69) is 32.9 Å². The lowest BCUT2D eigenvalue weighted by Gasteiger charge is -2.31. The summed E-state index contributed by atoms with van der Waals surface area (Å²) >= 11 is 0. The van der Waals surface area contributed by atoms with Crippen LogP contribution < -0.4 is 5.73 Å². The molecule has 1 aromatic carbocycles. The molecule has 15 heavy (non-hydrogen) atoms. The molecule has 2 N–H and O–H groups in total. The second-order valence-electron chi connectivity index (χ2n) is 5.35. The lowest BCUT2D eigenvalue weighted by Crippen LogP contribution is -2.20. The molecular weight excluding hydrogens is 182 g/mol. The van der Waals surface area contributed by atoms with Crippen LogP contribution in [0.1, 0.15) is 50.7 Å². The van der Waals surface area contributed by atoms with E-state index in [0.717, 1.165) is 5.69 Å². The highest BCUT2D eigenvalue weighted by Gasteiger charge is 2.35. The van der Waals surface area contributed by atoms with Gasteiger partial charge in [0.25, 0.3) is 0 Å². The largest absolute Gasteiger partial charge is 0.398 e. The molecule has 1 aliphatic carbocycles. The molecule has 0 amide bonds. The van der Waals surface area contributed by atoms with E-state index < -0.39 is 0 Å². The van der Waals surface area contributed by atoms with Crippen molar-refractivity contribution in [2.45, 2.75) is 46.0 Å². The van der Waals surface area contributed by atoms with Crippen molar-refractivity contribution in [3.8, 4) is 0 Å². The Hall–Kier alpha value is -0.980. The van der Waals surface area contributed by atoms with E-state index in [1.54, 1.807) is 0 Å². The van der Waals surface area contributed by atoms with Gasteiger partial charge in [-0.2, -0.15) is 0 Å². The Kier molecular flexibility index (Phi) is 2.49. The topological polar surface area (TPSA) is 26.0 Å². The Labute approximate surface area is 92.7 Å². The molecule has 0 aliphatic heterocycles. The summed E-state index contributed by atoms with van der Waals surface area (Å²) in [5.74, 6) is 0.652. The van der Waals surface area contributed by atoms with E-state index >= 15 is 0 Å². The van der Waals surface area contributed by atoms with Crippen molar-refractivity contribution in [3.63, 3.8) is 0 Å². The molecule has 0 heterocycles. The molecule has 0 spiro atoms. The molecule has 1 nitrogen and oxygen atoms in total. The number of hydrogen-bond donors (Lipinski definition) is 1. The molecule has 1 unspecified atom stereocenters. The van der Waals surface area contributed by atoms with Crippen molar-refractivity contribution in [2.24, 2.45) is 5.41 Å². The summed E-state index contributed by atoms with van der Waals surface area (Å²) in [6.45, 7) is 7.00. The highest BCUT2D eigenvalue weighted by atomic mass is 14.6. The van der Waals surface area contributed by atoms with Crippen LogP contribution in [0.2, 0.25) is 0 Å². The van der Waals surface area contributed by atoms with Gasteiger partial charge >= 0.3 is 0 Å². The molecule has 0 bridgehead atoms. The van der Waals surface area contributed by atoms with Gasteiger partial charge in [-0.15, -0.1) is 0 Å². The van der Waals surface area contributed by atoms with Crippen LogP contribution in [0.25, 0.3) is 0 Å². The minimum absolute atomic E-state index is 0.376. The molecule has 0 fully saturated rings. The molecule has 2 rings (SSSR count). The zero-order valence-corrected chi connectivity index (χ0v) is 10.0. The fourth-order valence-corrected chi connectivity index (χ4v) is 2.75. The average molecular weight is 203 g/mol. The van der Waals surface area contributed by atoms with E-state index in [0.29, 0.717) is 11.3 Å². The predicted octanol–water partition coefficient (Wildman–Crippen LogP) is 3.73. The summed E-state index contributed by atoms with van der Waals surface area (Å²) in [5, 5.41) is 0. The van der Waals surface area contributed by atoms with Crippen LogP contribution in [-0.4, -0.2) is 0 Å². The monoisotopic (exact) mass is 203 g/mol. The van der Waals surface area contributed by atoms with Crippen LogP contribution in [0.5, 0.6) is 0 Å². The smallest absolute Gasteiger partial charge is 0.0352 e. The molecule has 0 radical (unpaired) electrons. The van der Waals surface area contributed by atoms with Crippen LogP contribution in [-0.2, 0) is 6.42 Å². The number of rotatable bonds is 2. The van der Waals surface area contributed by atoms with Crippen LogP contribution >= 0.6 is 0 Å². The van der Waals surface area contributed by atoms with Crippen molar-refractivity contribution in [1.29, 1.82) is 0 Å². The molecular formula is C14H21N. The highest BCUT2D eigenvalue weighted by molar-refractivity contribution is 5.55. The summed E-state index contributed by atoms with van der Waals surface area (Å²) in [4.78, 5) is 0. The van der Waals surface area contributed by atoms with Gasteiger partial charge in [0.15, 0.2) is 0 Å². The van der Waals surface area contributed by atoms with Gasteiger partial charge in [-0.05, 0) is 41.4 Å². The zero-order valence-electron chi connectivity index (χ0n) is 10.0. The number of anilines is 1. The third kappa shape index (κ3) is 1.64. The van der Waals surface area contributed by atoms with Crippen molar-refractivity contribution in [2.75, 3.05) is 5.73 Å². The van der Waals surface area contributed by atoms with Gasteiger partial charge in [0.1, 0.15) is 0 Å². The highest BCUT2D eigenvalue weighted by Crippen LogP contribution is 2.48. The summed E-state index contributed by atoms with van der Waals surface area (Å²) in [6, 6.07) is 6.36. The van der Waals surface area contributed by atoms with Crippen LogP contribution in [0.15, 0.2) is 18.2 Å². The van der Waals surface area contributed by atoms with Crippen molar-refractivity contribution < 1.29 is 0 Å². The van der Waals surface area contributed by atoms with E-state index in [-0.39, 0.29) is 0 Å². The lowest BCUT2D eigenvalue weighted by atomic mass is 9.73. The van der Waals surface area contributed by atoms with E-state index in [1.165, 1.54) is 30.4 Å². The predicted molar refractivity (Wildman–Crippen MR) is 66.0 cm³/mol. The fourth-order valence-electron chi connectivity index (χ4n) is 2.75. The Morgan fingerprint density at radius 3 is 2.80 bits per heavy atom. The number of hydrogen-bond acceptors (Lipinski definition) is 1. The first-order valence-electron chi connectivity index (χ1n) is 5.93. The number of nitrogen functional groups attached to an aromatic ring is 1. The van der Waals surface area contributed by atoms with Crippen molar-refractivity contribution >= 4 is 5.69 Å². The maximum absolute atomic E-state index is 6.11. The quantitative estimate of drug-likeness (QED) is 0.728. The Morgan fingerprint density at radius 2 is 2.13 bits per heavy atom. The lowest BCUT2D eigenvalue weighted by molar-refractivity contribution is 0.273. The molecule has 1 atom stereocenters. The summed E-state index contributed by atoms with van der Waals surface area (Å²) < 4.78 is 0. The molecule has 1 aromatic rings. The van der Waals surface area contributed by atoms with Gasteiger partial charge in [-0.3, -0.25) is 0 Å². The Balaban J connectivity index is 2.44. The number of nitrogens with two attached hydrogens (primary N) is 1. The standard InChI is InChI=1S/C14H21N/c1-4-14(2,3)11-9-8-10-6-5-7-12(15)13(10)11/h5-7,11H,4,8-9,15H2,1-3H3. The number of aryl methyl sites for hydroxylation is 1. The van der Waals surface area contributed by atoms with Gasteiger partial charge in [0.05, 0.1) is 0 Å². The molecule has 1 heteroatoms. The molecule has 0 aromatic heterocycles. The van der Waals surface area contributed by atoms with Crippen LogP contribution in [0, 0.1) is 5.41 Å². The third-order valence-electron chi connectivity index (χ3n) is 4.14. The molecule has 1 aliphatic rings. The van der Waals surface area contributed by atoms with E-state index in [9.17, 15) is 0 Å². The molecule has 0 saturated carbocycles. The first-order valence-corrected chi connectivity index (χ1v) is 5.93. The molecule has 0 saturated heterocycles. The van der Waals surface area contributed by atoms with Crippen LogP contribution in [0.4, 0.5) is 5.69 Å². The minimum Gasteiger partial charge on any atom is -0.398 e. The molecule has 82 valence electrons. The Morgan fingerprint density at radius 1 is 1.40 bits per heavy atom. The minimum atomic E-state index is 0.376. The summed E-state index contributed by atoms with van der Waals surface area (Å²) in [7, 11) is 0. The van der Waals surface area contributed by atoms with Crippen molar-refractivity contribution in [1.82, 2.24) is 0 Å². The van der Waals surface area contributed by atoms with E-state index in [1.807, 2.05) is 6.07 Å². The second kappa shape index (κ2) is 3.55. The first-order chi connectivity index (χ1) is 7.06. The maximum Gasteiger partial charge on any atom is 0.0352 e. The number of fused-ring (bicyclic) bond motifs is 1. The second-order valence-corrected chi connectivity index (χ2v) is 5.35. The number of benzene rings is 1. The normalized spacial score (nSPS) is 20.3. The van der Waals surface area contributed by atoms with Gasteiger partial charge in [-0.1, -0.05) is 39.3 Å². The maximum atomic E-state index is 6.11. The average Bonchev–Trinajstić information content (AvgIpc) is 2.63. The van der Waals surface area contributed by atoms with Gasteiger partial charge < -0.3 is 5.73 Å². The third-order valence-corrected chi connectivity index (χ3v) is 4.14. The van der Waals surface area contributed by atoms with Gasteiger partial charge in [0.2, 0.25) is 0 Å². The van der Waals surface area contributed by atoms with Crippen LogP contribution in [0.3, 0.4) is 0 Å². The van der Waals surface area contributed by atoms with Gasteiger partial charge in [0, 0.05) is 5.69 Å². The first kappa shape index (κ1) is 10.5. The zero-order chi connectivity index (χ0) is 11.1. The van der Waals surface area contributed by atoms with Gasteiger partial charge in [-0.25, -0.2) is 0 Å². The SMILES string of the molecule is CCC(C)(C)C1CCc2cccc(N)c21. The summed E-state index contributed by atoms with van der Waals surface area (Å²) in [6.07, 6.45) is 3.68. The Bertz CT molecular complexity index is 366. The van der Waals surface area contributed by atoms with E-state index in [4.69, 9.17) is 5.73 Å². The summed E-state index contributed by atoms with van der Waals surface area (Å²) in [5.41, 5.74) is 10.4.